The van der Waals surface area contributed by atoms with Gasteiger partial charge in [0.05, 0.1) is 6.20 Å². The highest BCUT2D eigenvalue weighted by atomic mass is 79.9. The summed E-state index contributed by atoms with van der Waals surface area (Å²) in [6.07, 6.45) is 3.00. The van der Waals surface area contributed by atoms with Crippen molar-refractivity contribution in [1.82, 2.24) is 4.98 Å². The zero-order valence-corrected chi connectivity index (χ0v) is 9.54. The quantitative estimate of drug-likeness (QED) is 0.759. The molecule has 0 aliphatic rings. The molecule has 0 radical (unpaired) electrons. The largest absolute Gasteiger partial charge is 0.488 e. The zero-order valence-electron chi connectivity index (χ0n) is 7.96. The maximum Gasteiger partial charge on any atom is 0.138 e. The number of nitrogens with zero attached hydrogens (tertiary/aromatic N) is 1. The fraction of sp³-hybridized carbons (Fsp3) is 0.500. The summed E-state index contributed by atoms with van der Waals surface area (Å²) in [7, 11) is 0. The average molecular weight is 244 g/mol. The lowest BCUT2D eigenvalue weighted by atomic mass is 10.3. The summed E-state index contributed by atoms with van der Waals surface area (Å²) < 4.78 is 5.66. The highest BCUT2D eigenvalue weighted by molar-refractivity contribution is 9.09. The van der Waals surface area contributed by atoms with E-state index in [2.05, 4.69) is 27.8 Å². The molecule has 0 aliphatic heterocycles. The van der Waals surface area contributed by atoms with Crippen LogP contribution in [0.5, 0.6) is 5.75 Å². The van der Waals surface area contributed by atoms with Gasteiger partial charge in [0, 0.05) is 11.0 Å². The van der Waals surface area contributed by atoms with Gasteiger partial charge in [-0.15, -0.1) is 0 Å². The Balaban J connectivity index is 2.58. The molecule has 0 aliphatic carbocycles. The second-order valence-corrected chi connectivity index (χ2v) is 3.59. The minimum absolute atomic E-state index is 0.240. The molecule has 0 fully saturated rings. The predicted octanol–water partition coefficient (Wildman–Crippen LogP) is 2.94. The Hall–Kier alpha value is -0.570. The van der Waals surface area contributed by atoms with Crippen LogP contribution in [0.2, 0.25) is 0 Å². The van der Waals surface area contributed by atoms with Crippen molar-refractivity contribution in [3.05, 3.63) is 24.0 Å². The molecule has 1 heterocycles. The van der Waals surface area contributed by atoms with E-state index < -0.39 is 0 Å². The van der Waals surface area contributed by atoms with Gasteiger partial charge in [-0.1, -0.05) is 22.9 Å². The fourth-order valence-electron chi connectivity index (χ4n) is 0.940. The molecule has 2 nitrogen and oxygen atoms in total. The van der Waals surface area contributed by atoms with Crippen LogP contribution in [0.25, 0.3) is 0 Å². The Morgan fingerprint density at radius 1 is 1.54 bits per heavy atom. The summed E-state index contributed by atoms with van der Waals surface area (Å²) in [6.45, 7) is 4.07. The summed E-state index contributed by atoms with van der Waals surface area (Å²) in [6, 6.07) is 3.91. The maximum absolute atomic E-state index is 5.66. The van der Waals surface area contributed by atoms with Crippen molar-refractivity contribution in [1.29, 1.82) is 0 Å². The normalized spacial score (nSPS) is 12.5. The van der Waals surface area contributed by atoms with E-state index in [-0.39, 0.29) is 6.10 Å². The molecule has 0 amide bonds. The topological polar surface area (TPSA) is 22.1 Å². The highest BCUT2D eigenvalue weighted by Crippen LogP contribution is 2.13. The highest BCUT2D eigenvalue weighted by Gasteiger charge is 2.05. The Labute approximate surface area is 87.5 Å². The molecule has 0 bridgehead atoms. The lowest BCUT2D eigenvalue weighted by Gasteiger charge is -2.14. The first-order valence-electron chi connectivity index (χ1n) is 4.41. The first kappa shape index (κ1) is 10.5. The Morgan fingerprint density at radius 3 is 2.77 bits per heavy atom. The van der Waals surface area contributed by atoms with E-state index in [9.17, 15) is 0 Å². The van der Waals surface area contributed by atoms with Gasteiger partial charge in [-0.25, -0.2) is 0 Å². The lowest BCUT2D eigenvalue weighted by Crippen LogP contribution is -2.16. The summed E-state index contributed by atoms with van der Waals surface area (Å²) in [4.78, 5) is 4.16. The van der Waals surface area contributed by atoms with Crippen molar-refractivity contribution in [2.45, 2.75) is 26.4 Å². The van der Waals surface area contributed by atoms with E-state index in [4.69, 9.17) is 4.74 Å². The van der Waals surface area contributed by atoms with Crippen molar-refractivity contribution in [2.24, 2.45) is 0 Å². The zero-order chi connectivity index (χ0) is 9.68. The van der Waals surface area contributed by atoms with Crippen LogP contribution in [-0.4, -0.2) is 16.4 Å². The number of aromatic nitrogens is 1. The third kappa shape index (κ3) is 3.35. The molecule has 1 unspecified atom stereocenters. The monoisotopic (exact) mass is 243 g/mol. The van der Waals surface area contributed by atoms with Gasteiger partial charge in [0.2, 0.25) is 0 Å². The van der Waals surface area contributed by atoms with Gasteiger partial charge in [0.25, 0.3) is 0 Å². The summed E-state index contributed by atoms with van der Waals surface area (Å²) >= 11 is 3.40. The summed E-state index contributed by atoms with van der Waals surface area (Å²) in [5.41, 5.74) is 1.01. The van der Waals surface area contributed by atoms with Gasteiger partial charge in [0.15, 0.2) is 0 Å². The number of pyridine rings is 1. The Bertz CT molecular complexity index is 244. The number of aryl methyl sites for hydroxylation is 1. The molecule has 1 aromatic rings. The maximum atomic E-state index is 5.66. The number of ether oxygens (including phenoxy) is 1. The molecule has 72 valence electrons. The second kappa shape index (κ2) is 5.22. The molecule has 0 saturated heterocycles. The van der Waals surface area contributed by atoms with Gasteiger partial charge < -0.3 is 4.74 Å². The molecule has 1 aromatic heterocycles. The molecular formula is C10H14BrNO. The Kier molecular flexibility index (Phi) is 4.22. The molecule has 0 N–H and O–H groups in total. The first-order chi connectivity index (χ1) is 6.26. The van der Waals surface area contributed by atoms with Crippen molar-refractivity contribution >= 4 is 15.9 Å². The molecular weight excluding hydrogens is 230 g/mol. The van der Waals surface area contributed by atoms with Crippen molar-refractivity contribution < 1.29 is 4.74 Å². The molecule has 13 heavy (non-hydrogen) atoms. The second-order valence-electron chi connectivity index (χ2n) is 2.94. The van der Waals surface area contributed by atoms with Crippen LogP contribution in [0.15, 0.2) is 18.3 Å². The number of hydrogen-bond acceptors (Lipinski definition) is 2. The molecule has 3 heteroatoms. The van der Waals surface area contributed by atoms with E-state index in [1.165, 1.54) is 0 Å². The number of hydrogen-bond donors (Lipinski definition) is 0. The van der Waals surface area contributed by atoms with Gasteiger partial charge >= 0.3 is 0 Å². The van der Waals surface area contributed by atoms with Crippen molar-refractivity contribution in [3.8, 4) is 5.75 Å². The Morgan fingerprint density at radius 2 is 2.31 bits per heavy atom. The van der Waals surface area contributed by atoms with Gasteiger partial charge in [-0.3, -0.25) is 4.98 Å². The van der Waals surface area contributed by atoms with E-state index in [0.717, 1.165) is 23.2 Å². The lowest BCUT2D eigenvalue weighted by molar-refractivity contribution is 0.222. The van der Waals surface area contributed by atoms with E-state index in [1.807, 2.05) is 19.1 Å². The van der Waals surface area contributed by atoms with E-state index in [0.29, 0.717) is 0 Å². The molecule has 0 aromatic carbocycles. The van der Waals surface area contributed by atoms with E-state index in [1.54, 1.807) is 6.20 Å². The molecule has 1 atom stereocenters. The third-order valence-electron chi connectivity index (χ3n) is 1.81. The smallest absolute Gasteiger partial charge is 0.138 e. The van der Waals surface area contributed by atoms with Crippen LogP contribution < -0.4 is 4.74 Å². The van der Waals surface area contributed by atoms with Crippen molar-refractivity contribution in [3.63, 3.8) is 0 Å². The average Bonchev–Trinajstić information content (AvgIpc) is 2.17. The van der Waals surface area contributed by atoms with Crippen LogP contribution >= 0.6 is 15.9 Å². The minimum Gasteiger partial charge on any atom is -0.488 e. The fourth-order valence-corrected chi connectivity index (χ4v) is 1.53. The van der Waals surface area contributed by atoms with Crippen LogP contribution in [0.3, 0.4) is 0 Å². The predicted molar refractivity (Wildman–Crippen MR) is 57.5 cm³/mol. The standard InChI is InChI=1S/C10H14BrNO/c1-3-9(6-11)13-10-5-4-8(2)12-7-10/h4-5,7,9H,3,6H2,1-2H3. The van der Waals surface area contributed by atoms with Gasteiger partial charge in [-0.2, -0.15) is 0 Å². The van der Waals surface area contributed by atoms with Crippen LogP contribution in [0, 0.1) is 6.92 Å². The number of halogens is 1. The molecule has 0 spiro atoms. The van der Waals surface area contributed by atoms with Crippen LogP contribution in [-0.2, 0) is 0 Å². The van der Waals surface area contributed by atoms with Gasteiger partial charge in [0.1, 0.15) is 11.9 Å². The van der Waals surface area contributed by atoms with Crippen LogP contribution in [0.1, 0.15) is 19.0 Å². The van der Waals surface area contributed by atoms with Crippen molar-refractivity contribution in [2.75, 3.05) is 5.33 Å². The van der Waals surface area contributed by atoms with Gasteiger partial charge in [-0.05, 0) is 25.5 Å². The summed E-state index contributed by atoms with van der Waals surface area (Å²) in [5, 5.41) is 0.859. The number of alkyl halides is 1. The molecule has 0 saturated carbocycles. The summed E-state index contributed by atoms with van der Waals surface area (Å²) in [5.74, 6) is 0.844. The van der Waals surface area contributed by atoms with Crippen LogP contribution in [0.4, 0.5) is 0 Å². The minimum atomic E-state index is 0.240. The SMILES string of the molecule is CCC(CBr)Oc1ccc(C)nc1. The third-order valence-corrected chi connectivity index (χ3v) is 2.54. The first-order valence-corrected chi connectivity index (χ1v) is 5.53. The van der Waals surface area contributed by atoms with E-state index >= 15 is 0 Å². The molecule has 1 rings (SSSR count). The number of rotatable bonds is 4.